The zero-order valence-corrected chi connectivity index (χ0v) is 18.3. The molecule has 0 radical (unpaired) electrons. The SMILES string of the molecule is CN(Cc1ccc(C(F)(F)F)cc1)C(=O)C1CCCN(C(=O)c2cccc3ccccc23)C1. The minimum atomic E-state index is -4.39. The minimum absolute atomic E-state index is 0.0882. The van der Waals surface area contributed by atoms with E-state index in [1.807, 2.05) is 42.5 Å². The van der Waals surface area contributed by atoms with Crippen LogP contribution < -0.4 is 0 Å². The van der Waals surface area contributed by atoms with E-state index in [-0.39, 0.29) is 24.3 Å². The van der Waals surface area contributed by atoms with Crippen LogP contribution in [-0.4, -0.2) is 41.8 Å². The van der Waals surface area contributed by atoms with Crippen LogP contribution in [0.2, 0.25) is 0 Å². The molecule has 4 nitrogen and oxygen atoms in total. The van der Waals surface area contributed by atoms with Crippen LogP contribution in [0.5, 0.6) is 0 Å². The predicted octanol–water partition coefficient (Wildman–Crippen LogP) is 5.37. The lowest BCUT2D eigenvalue weighted by Gasteiger charge is -2.34. The highest BCUT2D eigenvalue weighted by molar-refractivity contribution is 6.07. The van der Waals surface area contributed by atoms with E-state index in [9.17, 15) is 22.8 Å². The van der Waals surface area contributed by atoms with Gasteiger partial charge in [-0.05, 0) is 47.4 Å². The molecular formula is C26H25F3N2O2. The minimum Gasteiger partial charge on any atom is -0.341 e. The van der Waals surface area contributed by atoms with Gasteiger partial charge in [-0.3, -0.25) is 9.59 Å². The van der Waals surface area contributed by atoms with Gasteiger partial charge in [0.15, 0.2) is 0 Å². The van der Waals surface area contributed by atoms with E-state index in [0.29, 0.717) is 30.6 Å². The summed E-state index contributed by atoms with van der Waals surface area (Å²) in [6, 6.07) is 18.2. The van der Waals surface area contributed by atoms with Crippen LogP contribution in [0.15, 0.2) is 66.7 Å². The Balaban J connectivity index is 1.43. The van der Waals surface area contributed by atoms with E-state index < -0.39 is 11.7 Å². The second kappa shape index (κ2) is 9.25. The van der Waals surface area contributed by atoms with Crippen molar-refractivity contribution in [2.45, 2.75) is 25.6 Å². The molecule has 1 fully saturated rings. The highest BCUT2D eigenvalue weighted by Gasteiger charge is 2.32. The molecule has 0 saturated carbocycles. The lowest BCUT2D eigenvalue weighted by atomic mass is 9.95. The normalized spacial score (nSPS) is 16.6. The third-order valence-corrected chi connectivity index (χ3v) is 6.16. The molecule has 3 aromatic rings. The average molecular weight is 454 g/mol. The second-order valence-corrected chi connectivity index (χ2v) is 8.51. The first kappa shape index (κ1) is 22.8. The van der Waals surface area contributed by atoms with Crippen molar-refractivity contribution in [3.63, 3.8) is 0 Å². The number of hydrogen-bond acceptors (Lipinski definition) is 2. The molecule has 1 unspecified atom stereocenters. The molecule has 1 aliphatic rings. The number of nitrogens with zero attached hydrogens (tertiary/aromatic N) is 2. The Bertz CT molecular complexity index is 1150. The molecule has 0 aliphatic carbocycles. The summed E-state index contributed by atoms with van der Waals surface area (Å²) in [4.78, 5) is 29.6. The number of rotatable bonds is 4. The summed E-state index contributed by atoms with van der Waals surface area (Å²) in [5.74, 6) is -0.530. The molecule has 33 heavy (non-hydrogen) atoms. The number of hydrogen-bond donors (Lipinski definition) is 0. The number of piperidine rings is 1. The first-order chi connectivity index (χ1) is 15.7. The molecule has 2 amide bonds. The lowest BCUT2D eigenvalue weighted by Crippen LogP contribution is -2.45. The van der Waals surface area contributed by atoms with Gasteiger partial charge in [0.2, 0.25) is 5.91 Å². The average Bonchev–Trinajstić information content (AvgIpc) is 2.82. The van der Waals surface area contributed by atoms with Crippen LogP contribution in [-0.2, 0) is 17.5 Å². The van der Waals surface area contributed by atoms with Crippen molar-refractivity contribution in [3.05, 3.63) is 83.4 Å². The Morgan fingerprint density at radius 1 is 1.00 bits per heavy atom. The Hall–Kier alpha value is -3.35. The van der Waals surface area contributed by atoms with E-state index in [1.165, 1.54) is 17.0 Å². The quantitative estimate of drug-likeness (QED) is 0.532. The summed E-state index contributed by atoms with van der Waals surface area (Å²) in [7, 11) is 1.64. The van der Waals surface area contributed by atoms with Gasteiger partial charge in [0.25, 0.3) is 5.91 Å². The van der Waals surface area contributed by atoms with Gasteiger partial charge in [-0.1, -0.05) is 48.5 Å². The molecule has 0 bridgehead atoms. The van der Waals surface area contributed by atoms with E-state index in [0.717, 1.165) is 29.3 Å². The fourth-order valence-corrected chi connectivity index (χ4v) is 4.41. The number of benzene rings is 3. The van der Waals surface area contributed by atoms with Gasteiger partial charge >= 0.3 is 6.18 Å². The van der Waals surface area contributed by atoms with Gasteiger partial charge in [0.1, 0.15) is 0 Å². The summed E-state index contributed by atoms with van der Waals surface area (Å²) < 4.78 is 38.3. The molecule has 1 saturated heterocycles. The maximum Gasteiger partial charge on any atom is 0.416 e. The molecule has 0 N–H and O–H groups in total. The van der Waals surface area contributed by atoms with Gasteiger partial charge in [-0.15, -0.1) is 0 Å². The van der Waals surface area contributed by atoms with E-state index in [4.69, 9.17) is 0 Å². The van der Waals surface area contributed by atoms with Crippen molar-refractivity contribution in [1.29, 1.82) is 0 Å². The molecule has 4 rings (SSSR count). The molecule has 172 valence electrons. The lowest BCUT2D eigenvalue weighted by molar-refractivity contribution is -0.138. The zero-order chi connectivity index (χ0) is 23.6. The molecule has 3 aromatic carbocycles. The molecular weight excluding hydrogens is 429 g/mol. The largest absolute Gasteiger partial charge is 0.416 e. The van der Waals surface area contributed by atoms with E-state index >= 15 is 0 Å². The molecule has 1 atom stereocenters. The van der Waals surface area contributed by atoms with Crippen molar-refractivity contribution in [3.8, 4) is 0 Å². The molecule has 7 heteroatoms. The number of alkyl halides is 3. The summed E-state index contributed by atoms with van der Waals surface area (Å²) in [5, 5.41) is 1.88. The number of carbonyl (C=O) groups excluding carboxylic acids is 2. The number of carbonyl (C=O) groups is 2. The van der Waals surface area contributed by atoms with Crippen LogP contribution in [0.25, 0.3) is 10.8 Å². The smallest absolute Gasteiger partial charge is 0.341 e. The first-order valence-corrected chi connectivity index (χ1v) is 10.9. The van der Waals surface area contributed by atoms with Gasteiger partial charge in [-0.25, -0.2) is 0 Å². The predicted molar refractivity (Wildman–Crippen MR) is 120 cm³/mol. The third-order valence-electron chi connectivity index (χ3n) is 6.16. The third kappa shape index (κ3) is 5.02. The maximum atomic E-state index is 13.3. The van der Waals surface area contributed by atoms with Crippen molar-refractivity contribution < 1.29 is 22.8 Å². The van der Waals surface area contributed by atoms with Crippen molar-refractivity contribution in [2.75, 3.05) is 20.1 Å². The van der Waals surface area contributed by atoms with Gasteiger partial charge in [-0.2, -0.15) is 13.2 Å². The monoisotopic (exact) mass is 454 g/mol. The Morgan fingerprint density at radius 2 is 1.70 bits per heavy atom. The summed E-state index contributed by atoms with van der Waals surface area (Å²) >= 11 is 0. The fraction of sp³-hybridized carbons (Fsp3) is 0.308. The Kier molecular flexibility index (Phi) is 6.40. The van der Waals surface area contributed by atoms with Crippen molar-refractivity contribution in [1.82, 2.24) is 9.80 Å². The molecule has 0 aromatic heterocycles. The first-order valence-electron chi connectivity index (χ1n) is 10.9. The number of fused-ring (bicyclic) bond motifs is 1. The molecule has 0 spiro atoms. The molecule has 1 aliphatic heterocycles. The highest BCUT2D eigenvalue weighted by atomic mass is 19.4. The number of likely N-dealkylation sites (tertiary alicyclic amines) is 1. The van der Waals surface area contributed by atoms with Gasteiger partial charge in [0.05, 0.1) is 11.5 Å². The van der Waals surface area contributed by atoms with Crippen LogP contribution in [0.1, 0.15) is 34.3 Å². The van der Waals surface area contributed by atoms with E-state index in [1.54, 1.807) is 11.9 Å². The Morgan fingerprint density at radius 3 is 2.42 bits per heavy atom. The topological polar surface area (TPSA) is 40.6 Å². The maximum absolute atomic E-state index is 13.3. The highest BCUT2D eigenvalue weighted by Crippen LogP contribution is 2.29. The van der Waals surface area contributed by atoms with E-state index in [2.05, 4.69) is 0 Å². The van der Waals surface area contributed by atoms with Gasteiger partial charge in [0, 0.05) is 32.2 Å². The summed E-state index contributed by atoms with van der Waals surface area (Å²) in [6.45, 7) is 1.14. The number of amides is 2. The van der Waals surface area contributed by atoms with Crippen LogP contribution in [0.3, 0.4) is 0 Å². The van der Waals surface area contributed by atoms with Crippen LogP contribution in [0, 0.1) is 5.92 Å². The zero-order valence-electron chi connectivity index (χ0n) is 18.3. The Labute approximate surface area is 190 Å². The standard InChI is InChI=1S/C26H25F3N2O2/c1-30(16-18-11-13-21(14-12-18)26(27,28)29)24(32)20-8-5-15-31(17-20)25(33)23-10-4-7-19-6-2-3-9-22(19)23/h2-4,6-7,9-14,20H,5,8,15-17H2,1H3. The summed E-state index contributed by atoms with van der Waals surface area (Å²) in [5.41, 5.74) is 0.535. The van der Waals surface area contributed by atoms with Gasteiger partial charge < -0.3 is 9.80 Å². The van der Waals surface area contributed by atoms with Crippen molar-refractivity contribution in [2.24, 2.45) is 5.92 Å². The van der Waals surface area contributed by atoms with Crippen LogP contribution >= 0.6 is 0 Å². The van der Waals surface area contributed by atoms with Crippen LogP contribution in [0.4, 0.5) is 13.2 Å². The fourth-order valence-electron chi connectivity index (χ4n) is 4.41. The number of halogens is 3. The van der Waals surface area contributed by atoms with Crippen molar-refractivity contribution >= 4 is 22.6 Å². The second-order valence-electron chi connectivity index (χ2n) is 8.51. The molecule has 1 heterocycles. The summed E-state index contributed by atoms with van der Waals surface area (Å²) in [6.07, 6.45) is -2.99.